The Labute approximate surface area is 101 Å². The molecule has 2 fully saturated rings. The summed E-state index contributed by atoms with van der Waals surface area (Å²) in [5.41, 5.74) is 3.08. The van der Waals surface area contributed by atoms with Crippen molar-refractivity contribution in [1.29, 1.82) is 0 Å². The maximum absolute atomic E-state index is 11.5. The van der Waals surface area contributed by atoms with Crippen molar-refractivity contribution in [2.24, 2.45) is 11.8 Å². The van der Waals surface area contributed by atoms with Gasteiger partial charge in [-0.3, -0.25) is 0 Å². The molecule has 2 unspecified atom stereocenters. The molecule has 3 rings (SSSR count). The highest BCUT2D eigenvalue weighted by Crippen LogP contribution is 2.46. The van der Waals surface area contributed by atoms with E-state index in [1.807, 2.05) is 18.2 Å². The van der Waals surface area contributed by atoms with Crippen LogP contribution in [0.25, 0.3) is 0 Å². The van der Waals surface area contributed by atoms with Crippen LogP contribution in [0.3, 0.4) is 0 Å². The number of ether oxygens (including phenoxy) is 1. The Balaban J connectivity index is 1.89. The highest BCUT2D eigenvalue weighted by Gasteiger charge is 2.45. The van der Waals surface area contributed by atoms with Gasteiger partial charge in [0.2, 0.25) is 0 Å². The molecular formula is C14H17NO2. The number of rotatable bonds is 2. The number of esters is 1. The van der Waals surface area contributed by atoms with Gasteiger partial charge < -0.3 is 9.64 Å². The first-order chi connectivity index (χ1) is 8.19. The van der Waals surface area contributed by atoms with Crippen molar-refractivity contribution in [2.45, 2.75) is 13.3 Å². The van der Waals surface area contributed by atoms with Gasteiger partial charge in [-0.25, -0.2) is 4.79 Å². The fourth-order valence-electron chi connectivity index (χ4n) is 2.79. The SMILES string of the molecule is COC(=O)c1ccc(C)c(N2CC3CC3C2)c1. The number of fused-ring (bicyclic) bond motifs is 1. The summed E-state index contributed by atoms with van der Waals surface area (Å²) in [4.78, 5) is 13.9. The molecule has 0 spiro atoms. The summed E-state index contributed by atoms with van der Waals surface area (Å²) in [6, 6.07) is 5.80. The predicted octanol–water partition coefficient (Wildman–Crippen LogP) is 2.24. The van der Waals surface area contributed by atoms with E-state index in [-0.39, 0.29) is 5.97 Å². The molecule has 1 aliphatic heterocycles. The maximum atomic E-state index is 11.5. The van der Waals surface area contributed by atoms with Crippen LogP contribution in [0.15, 0.2) is 18.2 Å². The Kier molecular flexibility index (Phi) is 2.35. The van der Waals surface area contributed by atoms with Gasteiger partial charge in [0.1, 0.15) is 0 Å². The van der Waals surface area contributed by atoms with E-state index in [4.69, 9.17) is 4.74 Å². The minimum Gasteiger partial charge on any atom is -0.465 e. The Bertz CT molecular complexity index is 459. The fraction of sp³-hybridized carbons (Fsp3) is 0.500. The van der Waals surface area contributed by atoms with Gasteiger partial charge in [-0.05, 0) is 42.9 Å². The number of nitrogens with zero attached hydrogens (tertiary/aromatic N) is 1. The second-order valence-corrected chi connectivity index (χ2v) is 5.15. The molecule has 17 heavy (non-hydrogen) atoms. The highest BCUT2D eigenvalue weighted by atomic mass is 16.5. The average Bonchev–Trinajstić information content (AvgIpc) is 2.96. The van der Waals surface area contributed by atoms with Crippen molar-refractivity contribution in [3.63, 3.8) is 0 Å². The van der Waals surface area contributed by atoms with Crippen LogP contribution in [-0.2, 0) is 4.74 Å². The van der Waals surface area contributed by atoms with Crippen LogP contribution in [0.2, 0.25) is 0 Å². The Hall–Kier alpha value is -1.51. The van der Waals surface area contributed by atoms with Crippen LogP contribution in [0, 0.1) is 18.8 Å². The Morgan fingerprint density at radius 2 is 2.06 bits per heavy atom. The number of methoxy groups -OCH3 is 1. The zero-order valence-electron chi connectivity index (χ0n) is 10.3. The van der Waals surface area contributed by atoms with Gasteiger partial charge in [-0.15, -0.1) is 0 Å². The largest absolute Gasteiger partial charge is 0.465 e. The summed E-state index contributed by atoms with van der Waals surface area (Å²) in [5.74, 6) is 1.54. The van der Waals surface area contributed by atoms with Gasteiger partial charge >= 0.3 is 5.97 Å². The molecule has 0 N–H and O–H groups in total. The number of benzene rings is 1. The molecule has 0 aromatic heterocycles. The minimum absolute atomic E-state index is 0.254. The van der Waals surface area contributed by atoms with Crippen LogP contribution in [0.1, 0.15) is 22.3 Å². The van der Waals surface area contributed by atoms with Crippen molar-refractivity contribution in [3.8, 4) is 0 Å². The van der Waals surface area contributed by atoms with Crippen molar-refractivity contribution >= 4 is 11.7 Å². The molecule has 3 heteroatoms. The molecule has 90 valence electrons. The summed E-state index contributed by atoms with van der Waals surface area (Å²) in [6.07, 6.45) is 1.40. The third-order valence-electron chi connectivity index (χ3n) is 3.95. The smallest absolute Gasteiger partial charge is 0.337 e. The van der Waals surface area contributed by atoms with Gasteiger partial charge in [0.15, 0.2) is 0 Å². The normalized spacial score (nSPS) is 25.6. The zero-order valence-corrected chi connectivity index (χ0v) is 10.3. The Morgan fingerprint density at radius 3 is 2.71 bits per heavy atom. The summed E-state index contributed by atoms with van der Waals surface area (Å²) in [5, 5.41) is 0. The molecule has 0 radical (unpaired) electrons. The number of aryl methyl sites for hydroxylation is 1. The minimum atomic E-state index is -0.254. The van der Waals surface area contributed by atoms with Gasteiger partial charge in [0.25, 0.3) is 0 Å². The van der Waals surface area contributed by atoms with Crippen molar-refractivity contribution in [2.75, 3.05) is 25.1 Å². The number of hydrogen-bond donors (Lipinski definition) is 0. The first-order valence-corrected chi connectivity index (χ1v) is 6.13. The fourth-order valence-corrected chi connectivity index (χ4v) is 2.79. The molecule has 1 saturated carbocycles. The van der Waals surface area contributed by atoms with E-state index >= 15 is 0 Å². The quantitative estimate of drug-likeness (QED) is 0.731. The van der Waals surface area contributed by atoms with Crippen molar-refractivity contribution in [3.05, 3.63) is 29.3 Å². The van der Waals surface area contributed by atoms with E-state index in [2.05, 4.69) is 11.8 Å². The lowest BCUT2D eigenvalue weighted by molar-refractivity contribution is 0.0601. The van der Waals surface area contributed by atoms with Crippen LogP contribution in [-0.4, -0.2) is 26.2 Å². The zero-order chi connectivity index (χ0) is 12.0. The van der Waals surface area contributed by atoms with Gasteiger partial charge in [0.05, 0.1) is 12.7 Å². The first-order valence-electron chi connectivity index (χ1n) is 6.13. The molecule has 2 aliphatic rings. The Morgan fingerprint density at radius 1 is 1.35 bits per heavy atom. The molecule has 1 aromatic carbocycles. The van der Waals surface area contributed by atoms with Crippen molar-refractivity contribution in [1.82, 2.24) is 0 Å². The van der Waals surface area contributed by atoms with E-state index in [9.17, 15) is 4.79 Å². The van der Waals surface area contributed by atoms with Crippen LogP contribution in [0.4, 0.5) is 5.69 Å². The summed E-state index contributed by atoms with van der Waals surface area (Å²) in [6.45, 7) is 4.40. The molecule has 1 aromatic rings. The molecule has 0 bridgehead atoms. The second kappa shape index (κ2) is 3.76. The standard InChI is InChI=1S/C14H17NO2/c1-9-3-4-10(14(16)17-2)6-13(9)15-7-11-5-12(11)8-15/h3-4,6,11-12H,5,7-8H2,1-2H3. The summed E-state index contributed by atoms with van der Waals surface area (Å²) < 4.78 is 4.77. The lowest BCUT2D eigenvalue weighted by atomic mass is 10.1. The second-order valence-electron chi connectivity index (χ2n) is 5.15. The maximum Gasteiger partial charge on any atom is 0.337 e. The van der Waals surface area contributed by atoms with E-state index in [1.165, 1.54) is 24.8 Å². The lowest BCUT2D eigenvalue weighted by Crippen LogP contribution is -2.23. The molecule has 1 saturated heterocycles. The monoisotopic (exact) mass is 231 g/mol. The lowest BCUT2D eigenvalue weighted by Gasteiger charge is -2.22. The third kappa shape index (κ3) is 1.79. The number of anilines is 1. The topological polar surface area (TPSA) is 29.5 Å². The average molecular weight is 231 g/mol. The number of hydrogen-bond acceptors (Lipinski definition) is 3. The van der Waals surface area contributed by atoms with Gasteiger partial charge in [-0.2, -0.15) is 0 Å². The molecular weight excluding hydrogens is 214 g/mol. The van der Waals surface area contributed by atoms with Crippen LogP contribution in [0.5, 0.6) is 0 Å². The summed E-state index contributed by atoms with van der Waals surface area (Å²) >= 11 is 0. The predicted molar refractivity (Wildman–Crippen MR) is 66.3 cm³/mol. The molecule has 0 amide bonds. The van der Waals surface area contributed by atoms with Crippen molar-refractivity contribution < 1.29 is 9.53 Å². The third-order valence-corrected chi connectivity index (χ3v) is 3.95. The molecule has 3 nitrogen and oxygen atoms in total. The summed E-state index contributed by atoms with van der Waals surface area (Å²) in [7, 11) is 1.42. The molecule has 1 heterocycles. The van der Waals surface area contributed by atoms with Gasteiger partial charge in [-0.1, -0.05) is 6.07 Å². The van der Waals surface area contributed by atoms with E-state index in [1.54, 1.807) is 0 Å². The van der Waals surface area contributed by atoms with Crippen LogP contribution < -0.4 is 4.90 Å². The number of carbonyl (C=O) groups excluding carboxylic acids is 1. The van der Waals surface area contributed by atoms with Gasteiger partial charge in [0, 0.05) is 18.8 Å². The highest BCUT2D eigenvalue weighted by molar-refractivity contribution is 5.90. The number of piperidine rings is 1. The number of carbonyl (C=O) groups is 1. The van der Waals surface area contributed by atoms with E-state index in [0.717, 1.165) is 24.9 Å². The molecule has 1 aliphatic carbocycles. The molecule has 2 atom stereocenters. The first kappa shape index (κ1) is 10.6. The van der Waals surface area contributed by atoms with Crippen LogP contribution >= 0.6 is 0 Å². The van der Waals surface area contributed by atoms with E-state index in [0.29, 0.717) is 5.56 Å². The van der Waals surface area contributed by atoms with E-state index < -0.39 is 0 Å².